The summed E-state index contributed by atoms with van der Waals surface area (Å²) in [7, 11) is -3.67. The zero-order chi connectivity index (χ0) is 20.4. The highest BCUT2D eigenvalue weighted by molar-refractivity contribution is 7.85. The van der Waals surface area contributed by atoms with Crippen molar-refractivity contribution in [2.24, 2.45) is 5.73 Å². The van der Waals surface area contributed by atoms with Crippen LogP contribution in [0.2, 0.25) is 0 Å². The fourth-order valence-corrected chi connectivity index (χ4v) is 1.87. The number of nitrogens with one attached hydrogen (secondary N) is 1. The number of carbonyl (C=O) groups excluding carboxylic acids is 1. The Morgan fingerprint density at radius 3 is 2.29 bits per heavy atom. The Bertz CT molecular complexity index is 835. The van der Waals surface area contributed by atoms with Gasteiger partial charge in [0.1, 0.15) is 18.2 Å². The molecule has 156 valence electrons. The lowest BCUT2D eigenvalue weighted by molar-refractivity contribution is -0.119. The van der Waals surface area contributed by atoms with Gasteiger partial charge in [-0.3, -0.25) is 9.35 Å². The Morgan fingerprint density at radius 2 is 1.79 bits per heavy atom. The number of amides is 1. The maximum Gasteiger partial charge on any atom is 0.261 e. The minimum absolute atomic E-state index is 0. The zero-order valence-electron chi connectivity index (χ0n) is 15.6. The molecule has 2 aromatic rings. The van der Waals surface area contributed by atoms with Crippen molar-refractivity contribution in [3.8, 4) is 5.75 Å². The van der Waals surface area contributed by atoms with E-state index >= 15 is 0 Å². The van der Waals surface area contributed by atoms with Crippen LogP contribution in [0.1, 0.15) is 18.1 Å². The first kappa shape index (κ1) is 25.5. The van der Waals surface area contributed by atoms with E-state index in [0.29, 0.717) is 25.2 Å². The molecule has 1 amide bonds. The van der Waals surface area contributed by atoms with E-state index in [-0.39, 0.29) is 23.2 Å². The van der Waals surface area contributed by atoms with Gasteiger partial charge in [0.2, 0.25) is 5.91 Å². The minimum Gasteiger partial charge on any atom is -0.489 e. The fraction of sp³-hybridized carbons (Fsp3) is 0.278. The highest BCUT2D eigenvalue weighted by Crippen LogP contribution is 2.14. The molecule has 10 heteroatoms. The quantitative estimate of drug-likeness (QED) is 0.574. The number of rotatable bonds is 7. The summed E-state index contributed by atoms with van der Waals surface area (Å²) in [6.07, 6.45) is 0.715. The predicted molar refractivity (Wildman–Crippen MR) is 104 cm³/mol. The van der Waals surface area contributed by atoms with Gasteiger partial charge >= 0.3 is 0 Å². The Balaban J connectivity index is 0.00000108. The first-order valence-electron chi connectivity index (χ1n) is 7.96. The number of halogens is 1. The topological polar surface area (TPSA) is 150 Å². The van der Waals surface area contributed by atoms with Crippen molar-refractivity contribution in [1.29, 1.82) is 0 Å². The average Bonchev–Trinajstić information content (AvgIpc) is 2.57. The van der Waals surface area contributed by atoms with Gasteiger partial charge in [-0.15, -0.1) is 0 Å². The molecule has 0 heterocycles. The molecule has 0 fully saturated rings. The van der Waals surface area contributed by atoms with E-state index in [1.54, 1.807) is 13.0 Å². The molecule has 0 bridgehead atoms. The van der Waals surface area contributed by atoms with E-state index in [1.165, 1.54) is 12.1 Å². The van der Waals surface area contributed by atoms with Crippen LogP contribution in [0.15, 0.2) is 48.5 Å². The van der Waals surface area contributed by atoms with E-state index in [0.717, 1.165) is 11.1 Å². The van der Waals surface area contributed by atoms with Gasteiger partial charge in [0.05, 0.1) is 12.3 Å². The van der Waals surface area contributed by atoms with E-state index in [2.05, 4.69) is 5.32 Å². The SMILES string of the molecule is CC(NCc1ccc(OCc2cccc(F)c2)cc1)C(N)=O.CS(=O)(=O)O.O. The highest BCUT2D eigenvalue weighted by Gasteiger charge is 2.07. The third-order valence-electron chi connectivity index (χ3n) is 3.26. The molecule has 8 nitrogen and oxygen atoms in total. The van der Waals surface area contributed by atoms with Gasteiger partial charge in [-0.1, -0.05) is 24.3 Å². The van der Waals surface area contributed by atoms with Gasteiger partial charge in [0.25, 0.3) is 10.1 Å². The van der Waals surface area contributed by atoms with Crippen LogP contribution in [0.3, 0.4) is 0 Å². The van der Waals surface area contributed by atoms with Crippen LogP contribution < -0.4 is 15.8 Å². The van der Waals surface area contributed by atoms with Crippen LogP contribution in [0, 0.1) is 5.82 Å². The zero-order valence-corrected chi connectivity index (χ0v) is 16.4. The van der Waals surface area contributed by atoms with Crippen LogP contribution in [-0.2, 0) is 28.1 Å². The molecule has 0 saturated carbocycles. The molecular weight excluding hydrogens is 391 g/mol. The van der Waals surface area contributed by atoms with Crippen LogP contribution in [0.5, 0.6) is 5.75 Å². The molecule has 2 aromatic carbocycles. The van der Waals surface area contributed by atoms with Gasteiger partial charge in [0, 0.05) is 6.54 Å². The molecule has 1 unspecified atom stereocenters. The Hall–Kier alpha value is -2.53. The van der Waals surface area contributed by atoms with Gasteiger partial charge in [-0.05, 0) is 42.3 Å². The van der Waals surface area contributed by atoms with E-state index in [1.807, 2.05) is 30.3 Å². The van der Waals surface area contributed by atoms with Crippen LogP contribution in [0.4, 0.5) is 4.39 Å². The molecular formula is C18H25FN2O6S. The molecule has 2 rings (SSSR count). The van der Waals surface area contributed by atoms with Crippen LogP contribution in [0.25, 0.3) is 0 Å². The number of carbonyl (C=O) groups is 1. The molecule has 0 saturated heterocycles. The van der Waals surface area contributed by atoms with Crippen molar-refractivity contribution in [2.75, 3.05) is 6.26 Å². The van der Waals surface area contributed by atoms with Gasteiger partial charge in [-0.2, -0.15) is 8.42 Å². The summed E-state index contributed by atoms with van der Waals surface area (Å²) in [5, 5.41) is 3.02. The number of ether oxygens (including phenoxy) is 1. The Kier molecular flexibility index (Phi) is 10.9. The largest absolute Gasteiger partial charge is 0.489 e. The normalized spacial score (nSPS) is 11.4. The van der Waals surface area contributed by atoms with E-state index < -0.39 is 10.1 Å². The molecule has 1 atom stereocenters. The standard InChI is InChI=1S/C17H19FN2O2.CH4O3S.H2O/c1-12(17(19)21)20-10-13-5-7-16(8-6-13)22-11-14-3-2-4-15(18)9-14;1-5(2,3)4;/h2-9,12,20H,10-11H2,1H3,(H2,19,21);1H3,(H,2,3,4);1H2. The number of hydrogen-bond donors (Lipinski definition) is 3. The first-order chi connectivity index (χ1) is 12.5. The number of hydrogen-bond acceptors (Lipinski definition) is 5. The molecule has 0 radical (unpaired) electrons. The smallest absolute Gasteiger partial charge is 0.261 e. The lowest BCUT2D eigenvalue weighted by Crippen LogP contribution is -2.38. The lowest BCUT2D eigenvalue weighted by atomic mass is 10.2. The van der Waals surface area contributed by atoms with Gasteiger partial charge < -0.3 is 21.3 Å². The summed E-state index contributed by atoms with van der Waals surface area (Å²) in [6, 6.07) is 13.4. The second-order valence-corrected chi connectivity index (χ2v) is 7.27. The third kappa shape index (κ3) is 12.0. The van der Waals surface area contributed by atoms with Crippen molar-refractivity contribution >= 4 is 16.0 Å². The number of primary amides is 1. The summed E-state index contributed by atoms with van der Waals surface area (Å²) in [5.74, 6) is 0.0529. The molecule has 0 aliphatic heterocycles. The fourth-order valence-electron chi connectivity index (χ4n) is 1.87. The Labute approximate surface area is 163 Å². The van der Waals surface area contributed by atoms with E-state index in [4.69, 9.17) is 15.0 Å². The molecule has 0 aromatic heterocycles. The second-order valence-electron chi connectivity index (χ2n) is 5.80. The van der Waals surface area contributed by atoms with Crippen LogP contribution in [-0.4, -0.2) is 36.7 Å². The molecule has 0 spiro atoms. The predicted octanol–water partition coefficient (Wildman–Crippen LogP) is 1.05. The number of benzene rings is 2. The van der Waals surface area contributed by atoms with Crippen molar-refractivity contribution in [3.63, 3.8) is 0 Å². The Morgan fingerprint density at radius 1 is 1.21 bits per heavy atom. The molecule has 6 N–H and O–H groups in total. The summed E-state index contributed by atoms with van der Waals surface area (Å²) < 4.78 is 44.5. The monoisotopic (exact) mass is 416 g/mol. The summed E-state index contributed by atoms with van der Waals surface area (Å²) in [4.78, 5) is 10.9. The molecule has 0 aliphatic rings. The summed E-state index contributed by atoms with van der Waals surface area (Å²) >= 11 is 0. The van der Waals surface area contributed by atoms with Gasteiger partial charge in [0.15, 0.2) is 0 Å². The second kappa shape index (κ2) is 12.0. The third-order valence-corrected chi connectivity index (χ3v) is 3.26. The molecule has 0 aliphatic carbocycles. The van der Waals surface area contributed by atoms with E-state index in [9.17, 15) is 17.6 Å². The average molecular weight is 416 g/mol. The molecule has 28 heavy (non-hydrogen) atoms. The van der Waals surface area contributed by atoms with Crippen molar-refractivity contribution in [2.45, 2.75) is 26.1 Å². The highest BCUT2D eigenvalue weighted by atomic mass is 32.2. The maximum absolute atomic E-state index is 13.1. The summed E-state index contributed by atoms with van der Waals surface area (Å²) in [5.41, 5.74) is 6.98. The lowest BCUT2D eigenvalue weighted by Gasteiger charge is -2.11. The maximum atomic E-state index is 13.1. The van der Waals surface area contributed by atoms with Crippen molar-refractivity contribution in [3.05, 3.63) is 65.5 Å². The van der Waals surface area contributed by atoms with Gasteiger partial charge in [-0.25, -0.2) is 4.39 Å². The van der Waals surface area contributed by atoms with Crippen molar-refractivity contribution in [1.82, 2.24) is 5.32 Å². The summed E-state index contributed by atoms with van der Waals surface area (Å²) in [6.45, 7) is 2.58. The number of nitrogens with two attached hydrogens (primary N) is 1. The van der Waals surface area contributed by atoms with Crippen molar-refractivity contribution < 1.29 is 32.4 Å². The van der Waals surface area contributed by atoms with Crippen LogP contribution >= 0.6 is 0 Å². The minimum atomic E-state index is -3.67. The first-order valence-corrected chi connectivity index (χ1v) is 9.81.